The van der Waals surface area contributed by atoms with E-state index < -0.39 is 23.6 Å². The summed E-state index contributed by atoms with van der Waals surface area (Å²) in [5.74, 6) is -0.622. The molecule has 1 aliphatic carbocycles. The Kier molecular flexibility index (Phi) is 6.56. The molecule has 5 nitrogen and oxygen atoms in total. The van der Waals surface area contributed by atoms with Crippen molar-refractivity contribution in [3.8, 4) is 0 Å². The number of alkyl carbamates (subject to hydrolysis) is 1. The Morgan fingerprint density at radius 2 is 1.80 bits per heavy atom. The number of ketones is 1. The number of halogens is 1. The number of carbonyl (C=O) groups is 2. The molecule has 0 saturated heterocycles. The zero-order chi connectivity index (χ0) is 21.9. The molecule has 1 amide bonds. The van der Waals surface area contributed by atoms with Crippen LogP contribution in [0.15, 0.2) is 48.5 Å². The number of ether oxygens (including phenoxy) is 2. The van der Waals surface area contributed by atoms with E-state index in [-0.39, 0.29) is 24.2 Å². The number of benzene rings is 2. The molecule has 0 radical (unpaired) electrons. The van der Waals surface area contributed by atoms with Crippen LogP contribution >= 0.6 is 0 Å². The standard InChI is InChI=1S/C24H28FNO4/c1-24(2,3)30-23(28)26-21(15-9-11-18(25)12-10-15)20(27)14-17-13-16-7-5-6-8-19(16)22(17)29-4/h5-12,17,21-22H,13-14H2,1-4H3,(H,26,28)/t17?,21-,22?/m0/s1. The fourth-order valence-corrected chi connectivity index (χ4v) is 3.95. The normalized spacial score (nSPS) is 19.1. The SMILES string of the molecule is COC1c2ccccc2CC1CC(=O)[C@@H](NC(=O)OC(C)(C)C)c1ccc(F)cc1. The zero-order valence-electron chi connectivity index (χ0n) is 17.8. The second-order valence-electron chi connectivity index (χ2n) is 8.62. The Morgan fingerprint density at radius 1 is 1.13 bits per heavy atom. The molecule has 0 heterocycles. The molecule has 160 valence electrons. The minimum atomic E-state index is -0.929. The summed E-state index contributed by atoms with van der Waals surface area (Å²) in [6.45, 7) is 5.25. The van der Waals surface area contributed by atoms with E-state index in [4.69, 9.17) is 9.47 Å². The van der Waals surface area contributed by atoms with Crippen molar-refractivity contribution in [2.45, 2.75) is 51.4 Å². The number of nitrogens with one attached hydrogen (secondary N) is 1. The summed E-state index contributed by atoms with van der Waals surface area (Å²) in [6.07, 6.45) is 0.0670. The van der Waals surface area contributed by atoms with Crippen LogP contribution in [0.1, 0.15) is 56.0 Å². The number of hydrogen-bond donors (Lipinski definition) is 1. The molecule has 2 aromatic rings. The van der Waals surface area contributed by atoms with Gasteiger partial charge in [0, 0.05) is 19.4 Å². The number of rotatable bonds is 6. The Labute approximate surface area is 176 Å². The van der Waals surface area contributed by atoms with E-state index in [9.17, 15) is 14.0 Å². The maximum absolute atomic E-state index is 13.4. The number of hydrogen-bond acceptors (Lipinski definition) is 4. The summed E-state index contributed by atoms with van der Waals surface area (Å²) in [7, 11) is 1.64. The average Bonchev–Trinajstić information content (AvgIpc) is 3.02. The lowest BCUT2D eigenvalue weighted by atomic mass is 9.91. The van der Waals surface area contributed by atoms with Gasteiger partial charge in [-0.25, -0.2) is 9.18 Å². The average molecular weight is 413 g/mol. The van der Waals surface area contributed by atoms with E-state index >= 15 is 0 Å². The number of amides is 1. The van der Waals surface area contributed by atoms with Gasteiger partial charge in [-0.3, -0.25) is 4.79 Å². The fraction of sp³-hybridized carbons (Fsp3) is 0.417. The zero-order valence-corrected chi connectivity index (χ0v) is 17.8. The van der Waals surface area contributed by atoms with Crippen LogP contribution in [0.5, 0.6) is 0 Å². The van der Waals surface area contributed by atoms with Gasteiger partial charge >= 0.3 is 6.09 Å². The minimum Gasteiger partial charge on any atom is -0.444 e. The van der Waals surface area contributed by atoms with Crippen molar-refractivity contribution in [3.05, 3.63) is 71.0 Å². The van der Waals surface area contributed by atoms with Crippen LogP contribution in [-0.4, -0.2) is 24.6 Å². The van der Waals surface area contributed by atoms with Gasteiger partial charge in [0.25, 0.3) is 0 Å². The summed E-state index contributed by atoms with van der Waals surface area (Å²) in [5, 5.41) is 2.66. The van der Waals surface area contributed by atoms with Gasteiger partial charge in [-0.15, -0.1) is 0 Å². The number of Topliss-reactive ketones (excluding diaryl/α,β-unsaturated/α-hetero) is 1. The van der Waals surface area contributed by atoms with Gasteiger partial charge in [0.05, 0.1) is 6.10 Å². The Bertz CT molecular complexity index is 904. The molecule has 0 aromatic heterocycles. The van der Waals surface area contributed by atoms with Crippen LogP contribution in [0.3, 0.4) is 0 Å². The summed E-state index contributed by atoms with van der Waals surface area (Å²) in [4.78, 5) is 25.6. The number of carbonyl (C=O) groups excluding carboxylic acids is 2. The van der Waals surface area contributed by atoms with E-state index in [2.05, 4.69) is 5.32 Å². The molecule has 30 heavy (non-hydrogen) atoms. The van der Waals surface area contributed by atoms with Gasteiger partial charge in [0.15, 0.2) is 5.78 Å². The first-order chi connectivity index (χ1) is 14.2. The van der Waals surface area contributed by atoms with Gasteiger partial charge in [-0.1, -0.05) is 36.4 Å². The van der Waals surface area contributed by atoms with E-state index in [0.29, 0.717) is 5.56 Å². The maximum Gasteiger partial charge on any atom is 0.408 e. The molecule has 2 aromatic carbocycles. The van der Waals surface area contributed by atoms with Gasteiger partial charge in [0.1, 0.15) is 17.5 Å². The van der Waals surface area contributed by atoms with Crippen molar-refractivity contribution < 1.29 is 23.5 Å². The van der Waals surface area contributed by atoms with Gasteiger partial charge < -0.3 is 14.8 Å². The van der Waals surface area contributed by atoms with Crippen LogP contribution < -0.4 is 5.32 Å². The highest BCUT2D eigenvalue weighted by Crippen LogP contribution is 2.40. The van der Waals surface area contributed by atoms with Gasteiger partial charge in [0.2, 0.25) is 0 Å². The minimum absolute atomic E-state index is 0.0386. The van der Waals surface area contributed by atoms with Crippen molar-refractivity contribution in [2.24, 2.45) is 5.92 Å². The number of methoxy groups -OCH3 is 1. The third kappa shape index (κ3) is 5.25. The predicted octanol–water partition coefficient (Wildman–Crippen LogP) is 4.91. The molecule has 0 saturated carbocycles. The van der Waals surface area contributed by atoms with Gasteiger partial charge in [-0.05, 0) is 56.0 Å². The summed E-state index contributed by atoms with van der Waals surface area (Å²) in [5.41, 5.74) is 2.07. The maximum atomic E-state index is 13.4. The van der Waals surface area contributed by atoms with Crippen molar-refractivity contribution in [1.29, 1.82) is 0 Å². The molecule has 0 bridgehead atoms. The molecule has 1 N–H and O–H groups in total. The quantitative estimate of drug-likeness (QED) is 0.731. The topological polar surface area (TPSA) is 64.6 Å². The largest absolute Gasteiger partial charge is 0.444 e. The Balaban J connectivity index is 1.80. The van der Waals surface area contributed by atoms with Crippen LogP contribution in [0.2, 0.25) is 0 Å². The molecule has 0 fully saturated rings. The monoisotopic (exact) mass is 413 g/mol. The van der Waals surface area contributed by atoms with Gasteiger partial charge in [-0.2, -0.15) is 0 Å². The molecular formula is C24H28FNO4. The van der Waals surface area contributed by atoms with Crippen LogP contribution in [-0.2, 0) is 20.7 Å². The second-order valence-corrected chi connectivity index (χ2v) is 8.62. The lowest BCUT2D eigenvalue weighted by molar-refractivity contribution is -0.123. The van der Waals surface area contributed by atoms with E-state index in [1.54, 1.807) is 27.9 Å². The highest BCUT2D eigenvalue weighted by atomic mass is 19.1. The Hall–Kier alpha value is -2.73. The second kappa shape index (κ2) is 8.96. The van der Waals surface area contributed by atoms with Crippen LogP contribution in [0, 0.1) is 11.7 Å². The van der Waals surface area contributed by atoms with E-state index in [0.717, 1.165) is 12.0 Å². The van der Waals surface area contributed by atoms with Crippen molar-refractivity contribution in [3.63, 3.8) is 0 Å². The summed E-state index contributed by atoms with van der Waals surface area (Å²) >= 11 is 0. The Morgan fingerprint density at radius 3 is 2.43 bits per heavy atom. The third-order valence-corrected chi connectivity index (χ3v) is 5.18. The highest BCUT2D eigenvalue weighted by Gasteiger charge is 2.36. The molecule has 2 unspecified atom stereocenters. The lowest BCUT2D eigenvalue weighted by Crippen LogP contribution is -2.38. The first-order valence-corrected chi connectivity index (χ1v) is 10.1. The molecule has 0 aliphatic heterocycles. The molecular weight excluding hydrogens is 385 g/mol. The molecule has 1 aliphatic rings. The first kappa shape index (κ1) is 22.0. The van der Waals surface area contributed by atoms with E-state index in [1.165, 1.54) is 29.8 Å². The smallest absolute Gasteiger partial charge is 0.408 e. The highest BCUT2D eigenvalue weighted by molar-refractivity contribution is 5.89. The van der Waals surface area contributed by atoms with Crippen molar-refractivity contribution in [2.75, 3.05) is 7.11 Å². The fourth-order valence-electron chi connectivity index (χ4n) is 3.95. The lowest BCUT2D eigenvalue weighted by Gasteiger charge is -2.25. The summed E-state index contributed by atoms with van der Waals surface area (Å²) < 4.78 is 24.4. The number of fused-ring (bicyclic) bond motifs is 1. The predicted molar refractivity (Wildman–Crippen MR) is 112 cm³/mol. The first-order valence-electron chi connectivity index (χ1n) is 10.1. The third-order valence-electron chi connectivity index (χ3n) is 5.18. The van der Waals surface area contributed by atoms with E-state index in [1.807, 2.05) is 24.3 Å². The van der Waals surface area contributed by atoms with Crippen molar-refractivity contribution >= 4 is 11.9 Å². The van der Waals surface area contributed by atoms with Crippen LogP contribution in [0.25, 0.3) is 0 Å². The molecule has 3 atom stereocenters. The molecule has 6 heteroatoms. The molecule has 0 spiro atoms. The van der Waals surface area contributed by atoms with Crippen molar-refractivity contribution in [1.82, 2.24) is 5.32 Å². The van der Waals surface area contributed by atoms with Crippen LogP contribution in [0.4, 0.5) is 9.18 Å². The molecule has 3 rings (SSSR count). The summed E-state index contributed by atoms with van der Waals surface area (Å²) in [6, 6.07) is 12.6.